The number of hydrogen-bond acceptors (Lipinski definition) is 1. The Morgan fingerprint density at radius 1 is 1.24 bits per heavy atom. The molecule has 0 unspecified atom stereocenters. The maximum Gasteiger partial charge on any atom is 0.220 e. The number of carbonyl (C=O) groups excluding carboxylic acids is 1. The van der Waals surface area contributed by atoms with Gasteiger partial charge in [0.1, 0.15) is 0 Å². The summed E-state index contributed by atoms with van der Waals surface area (Å²) in [5.74, 6) is 2.69. The van der Waals surface area contributed by atoms with Crippen molar-refractivity contribution in [3.8, 4) is 0 Å². The van der Waals surface area contributed by atoms with E-state index in [9.17, 15) is 4.79 Å². The average molecular weight is 401 g/mol. The van der Waals surface area contributed by atoms with Crippen molar-refractivity contribution in [2.45, 2.75) is 57.4 Å². The fourth-order valence-electron chi connectivity index (χ4n) is 5.66. The molecule has 0 spiro atoms. The van der Waals surface area contributed by atoms with Gasteiger partial charge in [-0.15, -0.1) is 0 Å². The van der Waals surface area contributed by atoms with Gasteiger partial charge in [-0.05, 0) is 80.0 Å². The van der Waals surface area contributed by atoms with Crippen molar-refractivity contribution in [2.75, 3.05) is 0 Å². The number of aromatic nitrogens is 1. The molecule has 3 aliphatic carbocycles. The Balaban J connectivity index is 1.26. The third-order valence-corrected chi connectivity index (χ3v) is 7.34. The molecule has 3 nitrogen and oxygen atoms in total. The lowest BCUT2D eigenvalue weighted by Crippen LogP contribution is -2.39. The zero-order valence-electron chi connectivity index (χ0n) is 14.5. The topological polar surface area (TPSA) is 44.9 Å². The molecular weight excluding hydrogens is 376 g/mol. The quantitative estimate of drug-likeness (QED) is 0.768. The molecule has 1 aromatic heterocycles. The molecule has 3 aliphatic rings. The minimum atomic E-state index is 0.284. The minimum Gasteiger partial charge on any atom is -0.358 e. The van der Waals surface area contributed by atoms with Crippen molar-refractivity contribution in [1.82, 2.24) is 10.3 Å². The summed E-state index contributed by atoms with van der Waals surface area (Å²) < 4.78 is 1.12. The van der Waals surface area contributed by atoms with Gasteiger partial charge in [-0.3, -0.25) is 4.79 Å². The molecule has 2 saturated carbocycles. The Hall–Kier alpha value is -1.29. The Bertz CT molecular complexity index is 827. The lowest BCUT2D eigenvalue weighted by atomic mass is 9.86. The van der Waals surface area contributed by atoms with Crippen molar-refractivity contribution < 1.29 is 4.79 Å². The van der Waals surface area contributed by atoms with Crippen LogP contribution in [0, 0.1) is 17.8 Å². The van der Waals surface area contributed by atoms with Gasteiger partial charge in [0.25, 0.3) is 0 Å². The fourth-order valence-corrected chi connectivity index (χ4v) is 6.02. The second-order valence-electron chi connectivity index (χ2n) is 8.42. The normalized spacial score (nSPS) is 30.6. The summed E-state index contributed by atoms with van der Waals surface area (Å²) in [6.45, 7) is 0. The molecule has 4 heteroatoms. The van der Waals surface area contributed by atoms with Crippen molar-refractivity contribution in [3.05, 3.63) is 33.9 Å². The Morgan fingerprint density at radius 2 is 2.16 bits per heavy atom. The van der Waals surface area contributed by atoms with Crippen LogP contribution in [0.4, 0.5) is 0 Å². The zero-order valence-corrected chi connectivity index (χ0v) is 16.1. The summed E-state index contributed by atoms with van der Waals surface area (Å²) >= 11 is 3.58. The number of carbonyl (C=O) groups is 1. The molecule has 0 saturated heterocycles. The average Bonchev–Trinajstić information content (AvgIpc) is 3.28. The number of benzene rings is 1. The molecule has 5 rings (SSSR count). The largest absolute Gasteiger partial charge is 0.358 e. The van der Waals surface area contributed by atoms with Gasteiger partial charge in [-0.25, -0.2) is 0 Å². The highest BCUT2D eigenvalue weighted by atomic mass is 79.9. The van der Waals surface area contributed by atoms with Gasteiger partial charge in [0.2, 0.25) is 5.91 Å². The van der Waals surface area contributed by atoms with Crippen LogP contribution in [0.1, 0.15) is 49.8 Å². The summed E-state index contributed by atoms with van der Waals surface area (Å²) in [4.78, 5) is 16.1. The Morgan fingerprint density at radius 3 is 2.96 bits per heavy atom. The zero-order chi connectivity index (χ0) is 17.0. The number of fused-ring (bicyclic) bond motifs is 5. The van der Waals surface area contributed by atoms with E-state index < -0.39 is 0 Å². The van der Waals surface area contributed by atoms with E-state index in [1.54, 1.807) is 0 Å². The molecule has 1 heterocycles. The van der Waals surface area contributed by atoms with Crippen LogP contribution in [0.2, 0.25) is 0 Å². The van der Waals surface area contributed by atoms with Crippen molar-refractivity contribution in [2.24, 2.45) is 17.8 Å². The smallest absolute Gasteiger partial charge is 0.220 e. The van der Waals surface area contributed by atoms with E-state index in [2.05, 4.69) is 44.4 Å². The van der Waals surface area contributed by atoms with E-state index in [1.165, 1.54) is 47.8 Å². The molecule has 1 amide bonds. The molecule has 0 aliphatic heterocycles. The summed E-state index contributed by atoms with van der Waals surface area (Å²) in [7, 11) is 0. The van der Waals surface area contributed by atoms with Crippen molar-refractivity contribution >= 4 is 32.7 Å². The van der Waals surface area contributed by atoms with E-state index in [0.717, 1.165) is 42.0 Å². The second-order valence-corrected chi connectivity index (χ2v) is 9.33. The van der Waals surface area contributed by atoms with Gasteiger partial charge in [-0.2, -0.15) is 0 Å². The SMILES string of the molecule is O=C(C[C@H]1C[C@@H]2CC[C@H]1C2)N[C@@H]1CCc2[nH]c3ccc(Br)cc3c2C1. The van der Waals surface area contributed by atoms with Gasteiger partial charge in [0.05, 0.1) is 0 Å². The number of aryl methyl sites for hydroxylation is 1. The summed E-state index contributed by atoms with van der Waals surface area (Å²) in [6.07, 6.45) is 9.23. The number of nitrogens with one attached hydrogen (secondary N) is 2. The predicted molar refractivity (Wildman–Crippen MR) is 104 cm³/mol. The van der Waals surface area contributed by atoms with Crippen LogP contribution >= 0.6 is 15.9 Å². The molecule has 0 radical (unpaired) electrons. The fraction of sp³-hybridized carbons (Fsp3) is 0.571. The molecule has 132 valence electrons. The first-order valence-corrected chi connectivity index (χ1v) is 10.5. The first-order valence-electron chi connectivity index (χ1n) is 9.74. The molecule has 2 fully saturated rings. The third kappa shape index (κ3) is 2.92. The maximum absolute atomic E-state index is 12.6. The van der Waals surface area contributed by atoms with E-state index >= 15 is 0 Å². The number of rotatable bonds is 3. The number of aromatic amines is 1. The summed E-state index contributed by atoms with van der Waals surface area (Å²) in [5, 5.41) is 4.65. The number of halogens is 1. The van der Waals surface area contributed by atoms with Gasteiger partial charge >= 0.3 is 0 Å². The lowest BCUT2D eigenvalue weighted by molar-refractivity contribution is -0.123. The van der Waals surface area contributed by atoms with Crippen LogP contribution in [-0.2, 0) is 17.6 Å². The molecule has 25 heavy (non-hydrogen) atoms. The van der Waals surface area contributed by atoms with Crippen molar-refractivity contribution in [3.63, 3.8) is 0 Å². The van der Waals surface area contributed by atoms with Gasteiger partial charge < -0.3 is 10.3 Å². The number of hydrogen-bond donors (Lipinski definition) is 2. The molecule has 2 aromatic rings. The molecule has 2 bridgehead atoms. The van der Waals surface area contributed by atoms with Gasteiger partial charge in [0, 0.05) is 33.5 Å². The van der Waals surface area contributed by atoms with Gasteiger partial charge in [-0.1, -0.05) is 22.4 Å². The van der Waals surface area contributed by atoms with Crippen LogP contribution in [-0.4, -0.2) is 16.9 Å². The standard InChI is InChI=1S/C21H25BrN2O/c22-15-3-5-19-17(10-15)18-11-16(4-6-20(18)24-19)23-21(25)9-14-8-12-1-2-13(14)7-12/h3,5,10,12-14,16,24H,1-2,4,6-9,11H2,(H,23,25)/t12-,13+,14-,16-/m1/s1. The number of amides is 1. The minimum absolute atomic E-state index is 0.284. The summed E-state index contributed by atoms with van der Waals surface area (Å²) in [5.41, 5.74) is 3.96. The molecule has 4 atom stereocenters. The first-order chi connectivity index (χ1) is 12.2. The van der Waals surface area contributed by atoms with Crippen LogP contribution in [0.5, 0.6) is 0 Å². The van der Waals surface area contributed by atoms with E-state index in [1.807, 2.05) is 0 Å². The first kappa shape index (κ1) is 15.9. The van der Waals surface area contributed by atoms with E-state index in [0.29, 0.717) is 5.92 Å². The third-order valence-electron chi connectivity index (χ3n) is 6.85. The van der Waals surface area contributed by atoms with E-state index in [4.69, 9.17) is 0 Å². The molecule has 2 N–H and O–H groups in total. The van der Waals surface area contributed by atoms with E-state index in [-0.39, 0.29) is 11.9 Å². The Kier molecular flexibility index (Phi) is 3.92. The summed E-state index contributed by atoms with van der Waals surface area (Å²) in [6, 6.07) is 6.71. The molecule has 1 aromatic carbocycles. The Labute approximate surface area is 157 Å². The monoisotopic (exact) mass is 400 g/mol. The second kappa shape index (κ2) is 6.15. The van der Waals surface area contributed by atoms with Crippen LogP contribution < -0.4 is 5.32 Å². The highest BCUT2D eigenvalue weighted by Gasteiger charge is 2.40. The van der Waals surface area contributed by atoms with Crippen LogP contribution in [0.15, 0.2) is 22.7 Å². The maximum atomic E-state index is 12.6. The lowest BCUT2D eigenvalue weighted by Gasteiger charge is -2.26. The highest BCUT2D eigenvalue weighted by Crippen LogP contribution is 2.49. The molecular formula is C21H25BrN2O. The van der Waals surface area contributed by atoms with Crippen molar-refractivity contribution in [1.29, 1.82) is 0 Å². The van der Waals surface area contributed by atoms with Crippen LogP contribution in [0.25, 0.3) is 10.9 Å². The van der Waals surface area contributed by atoms with Gasteiger partial charge in [0.15, 0.2) is 0 Å². The number of H-pyrrole nitrogens is 1. The van der Waals surface area contributed by atoms with Crippen LogP contribution in [0.3, 0.4) is 0 Å². The predicted octanol–water partition coefficient (Wildman–Crippen LogP) is 4.73. The highest BCUT2D eigenvalue weighted by molar-refractivity contribution is 9.10.